The number of rotatable bonds is 2. The summed E-state index contributed by atoms with van der Waals surface area (Å²) < 4.78 is 1.66. The summed E-state index contributed by atoms with van der Waals surface area (Å²) in [6, 6.07) is 1.80. The second-order valence-electron chi connectivity index (χ2n) is 7.85. The van der Waals surface area contributed by atoms with Gasteiger partial charge in [0.25, 0.3) is 5.91 Å². The highest BCUT2D eigenvalue weighted by molar-refractivity contribution is 5.92. The maximum atomic E-state index is 12.7. The van der Waals surface area contributed by atoms with Gasteiger partial charge in [-0.1, -0.05) is 0 Å². The number of hydrogen-bond acceptors (Lipinski definition) is 5. The van der Waals surface area contributed by atoms with Crippen LogP contribution >= 0.6 is 0 Å². The second kappa shape index (κ2) is 5.79. The van der Waals surface area contributed by atoms with Crippen molar-refractivity contribution in [2.45, 2.75) is 26.2 Å². The summed E-state index contributed by atoms with van der Waals surface area (Å²) in [5.41, 5.74) is 3.28. The summed E-state index contributed by atoms with van der Waals surface area (Å²) in [6.45, 7) is 5.63. The Hall–Kier alpha value is -2.44. The van der Waals surface area contributed by atoms with Crippen LogP contribution in [-0.2, 0) is 19.9 Å². The molecule has 2 fully saturated rings. The van der Waals surface area contributed by atoms with Gasteiger partial charge < -0.3 is 9.80 Å². The lowest BCUT2D eigenvalue weighted by molar-refractivity contribution is 0.0771. The number of likely N-dealkylation sites (tertiary alicyclic amines) is 1. The van der Waals surface area contributed by atoms with E-state index in [2.05, 4.69) is 15.0 Å². The van der Waals surface area contributed by atoms with Crippen LogP contribution in [0.4, 0.5) is 5.82 Å². The average molecular weight is 352 g/mol. The lowest BCUT2D eigenvalue weighted by Crippen LogP contribution is -2.34. The number of aromatic nitrogens is 4. The molecule has 2 aromatic heterocycles. The molecule has 4 heterocycles. The third-order valence-corrected chi connectivity index (χ3v) is 6.14. The maximum Gasteiger partial charge on any atom is 0.272 e. The largest absolute Gasteiger partial charge is 0.356 e. The predicted octanol–water partition coefficient (Wildman–Crippen LogP) is 1.22. The number of nitrogens with zero attached hydrogens (tertiary/aromatic N) is 6. The molecule has 2 saturated heterocycles. The fraction of sp³-hybridized carbons (Fsp3) is 0.579. The summed E-state index contributed by atoms with van der Waals surface area (Å²) >= 11 is 0. The molecule has 7 heteroatoms. The van der Waals surface area contributed by atoms with Gasteiger partial charge in [-0.15, -0.1) is 0 Å². The first-order valence-corrected chi connectivity index (χ1v) is 9.49. The molecule has 2 aliphatic heterocycles. The van der Waals surface area contributed by atoms with Crippen molar-refractivity contribution in [3.05, 3.63) is 35.0 Å². The molecule has 0 saturated carbocycles. The van der Waals surface area contributed by atoms with Crippen molar-refractivity contribution in [2.24, 2.45) is 18.9 Å². The molecule has 2 atom stereocenters. The van der Waals surface area contributed by atoms with Crippen molar-refractivity contribution in [3.63, 3.8) is 0 Å². The van der Waals surface area contributed by atoms with Gasteiger partial charge in [-0.05, 0) is 32.3 Å². The number of carbonyl (C=O) groups excluding carboxylic acids is 1. The zero-order chi connectivity index (χ0) is 17.8. The zero-order valence-electron chi connectivity index (χ0n) is 15.4. The van der Waals surface area contributed by atoms with E-state index >= 15 is 0 Å². The first kappa shape index (κ1) is 15.8. The van der Waals surface area contributed by atoms with E-state index in [4.69, 9.17) is 4.98 Å². The molecule has 0 aromatic carbocycles. The molecule has 2 unspecified atom stereocenters. The third kappa shape index (κ3) is 2.40. The van der Waals surface area contributed by atoms with Crippen LogP contribution in [-0.4, -0.2) is 56.7 Å². The summed E-state index contributed by atoms with van der Waals surface area (Å²) in [5.74, 6) is 3.19. The van der Waals surface area contributed by atoms with Crippen molar-refractivity contribution < 1.29 is 4.79 Å². The zero-order valence-corrected chi connectivity index (χ0v) is 15.4. The van der Waals surface area contributed by atoms with Crippen LogP contribution in [0.2, 0.25) is 0 Å². The Morgan fingerprint density at radius 2 is 1.88 bits per heavy atom. The Bertz CT molecular complexity index is 861. The first-order chi connectivity index (χ1) is 12.6. The fourth-order valence-electron chi connectivity index (χ4n) is 4.87. The predicted molar refractivity (Wildman–Crippen MR) is 97.1 cm³/mol. The Morgan fingerprint density at radius 3 is 2.58 bits per heavy atom. The van der Waals surface area contributed by atoms with Crippen LogP contribution in [0.3, 0.4) is 0 Å². The molecule has 7 nitrogen and oxygen atoms in total. The van der Waals surface area contributed by atoms with Crippen LogP contribution in [0.5, 0.6) is 0 Å². The molecule has 3 aliphatic rings. The molecule has 26 heavy (non-hydrogen) atoms. The molecular weight excluding hydrogens is 328 g/mol. The molecule has 0 radical (unpaired) electrons. The molecule has 0 N–H and O–H groups in total. The van der Waals surface area contributed by atoms with Crippen LogP contribution in [0, 0.1) is 18.8 Å². The Morgan fingerprint density at radius 1 is 1.12 bits per heavy atom. The Balaban J connectivity index is 1.32. The third-order valence-electron chi connectivity index (χ3n) is 6.14. The molecule has 1 aliphatic carbocycles. The van der Waals surface area contributed by atoms with Crippen LogP contribution in [0.25, 0.3) is 0 Å². The minimum atomic E-state index is 0.102. The number of hydrogen-bond donors (Lipinski definition) is 0. The highest BCUT2D eigenvalue weighted by Gasteiger charge is 2.43. The number of fused-ring (bicyclic) bond motifs is 2. The van der Waals surface area contributed by atoms with E-state index in [-0.39, 0.29) is 5.91 Å². The lowest BCUT2D eigenvalue weighted by Gasteiger charge is -2.24. The van der Waals surface area contributed by atoms with Crippen LogP contribution in [0.15, 0.2) is 12.3 Å². The van der Waals surface area contributed by atoms with Crippen molar-refractivity contribution in [1.29, 1.82) is 0 Å². The van der Waals surface area contributed by atoms with E-state index in [0.29, 0.717) is 17.5 Å². The Labute approximate surface area is 153 Å². The topological polar surface area (TPSA) is 67.2 Å². The first-order valence-electron chi connectivity index (χ1n) is 9.49. The number of aryl methyl sites for hydroxylation is 3. The van der Waals surface area contributed by atoms with Gasteiger partial charge in [0.2, 0.25) is 0 Å². The van der Waals surface area contributed by atoms with E-state index in [1.165, 1.54) is 17.7 Å². The SMILES string of the molecule is Cc1nc2c(c(N3CC4CN(C(=O)c5ccnn5C)CC4C3)n1)CCC2. The monoisotopic (exact) mass is 352 g/mol. The smallest absolute Gasteiger partial charge is 0.272 e. The van der Waals surface area contributed by atoms with Crippen molar-refractivity contribution in [3.8, 4) is 0 Å². The normalized spacial score (nSPS) is 24.2. The van der Waals surface area contributed by atoms with Gasteiger partial charge in [0.05, 0.1) is 0 Å². The summed E-state index contributed by atoms with van der Waals surface area (Å²) in [5, 5.41) is 4.12. The highest BCUT2D eigenvalue weighted by atomic mass is 16.2. The average Bonchev–Trinajstić information content (AvgIpc) is 3.35. The fourth-order valence-corrected chi connectivity index (χ4v) is 4.87. The molecule has 2 aromatic rings. The number of carbonyl (C=O) groups is 1. The molecule has 5 rings (SSSR count). The maximum absolute atomic E-state index is 12.7. The van der Waals surface area contributed by atoms with Gasteiger partial charge in [-0.25, -0.2) is 9.97 Å². The molecule has 136 valence electrons. The standard InChI is InChI=1S/C19H24N6O/c1-12-21-16-5-3-4-15(16)18(22-12)24-8-13-10-25(11-14(13)9-24)19(26)17-6-7-20-23(17)2/h6-7,13-14H,3-5,8-11H2,1-2H3. The van der Waals surface area contributed by atoms with Crippen LogP contribution < -0.4 is 4.90 Å². The van der Waals surface area contributed by atoms with Crippen molar-refractivity contribution in [2.75, 3.05) is 31.1 Å². The van der Waals surface area contributed by atoms with Gasteiger partial charge in [0, 0.05) is 62.5 Å². The van der Waals surface area contributed by atoms with Gasteiger partial charge in [-0.2, -0.15) is 5.10 Å². The molecular formula is C19H24N6O. The molecule has 1 amide bonds. The van der Waals surface area contributed by atoms with E-state index in [1.807, 2.05) is 18.9 Å². The quantitative estimate of drug-likeness (QED) is 0.813. The summed E-state index contributed by atoms with van der Waals surface area (Å²) in [4.78, 5) is 26.6. The number of anilines is 1. The van der Waals surface area contributed by atoms with Crippen molar-refractivity contribution in [1.82, 2.24) is 24.6 Å². The van der Waals surface area contributed by atoms with Gasteiger partial charge in [0.15, 0.2) is 0 Å². The summed E-state index contributed by atoms with van der Waals surface area (Å²) in [6.07, 6.45) is 5.05. The second-order valence-corrected chi connectivity index (χ2v) is 7.85. The minimum Gasteiger partial charge on any atom is -0.356 e. The van der Waals surface area contributed by atoms with E-state index in [0.717, 1.165) is 50.7 Å². The Kier molecular flexibility index (Phi) is 3.52. The lowest BCUT2D eigenvalue weighted by atomic mass is 10.0. The molecule has 0 spiro atoms. The van der Waals surface area contributed by atoms with Crippen LogP contribution in [0.1, 0.15) is 34.0 Å². The molecule has 0 bridgehead atoms. The van der Waals surface area contributed by atoms with Gasteiger partial charge >= 0.3 is 0 Å². The highest BCUT2D eigenvalue weighted by Crippen LogP contribution is 2.37. The van der Waals surface area contributed by atoms with E-state index in [9.17, 15) is 4.79 Å². The number of amides is 1. The van der Waals surface area contributed by atoms with Crippen molar-refractivity contribution >= 4 is 11.7 Å². The van der Waals surface area contributed by atoms with Gasteiger partial charge in [-0.3, -0.25) is 9.48 Å². The van der Waals surface area contributed by atoms with Gasteiger partial charge in [0.1, 0.15) is 17.3 Å². The van der Waals surface area contributed by atoms with E-state index in [1.54, 1.807) is 16.9 Å². The summed E-state index contributed by atoms with van der Waals surface area (Å²) in [7, 11) is 1.82. The van der Waals surface area contributed by atoms with E-state index < -0.39 is 0 Å². The minimum absolute atomic E-state index is 0.102.